The van der Waals surface area contributed by atoms with E-state index >= 15 is 0 Å². The number of carbonyl (C=O) groups is 3. The van der Waals surface area contributed by atoms with Crippen LogP contribution in [0.2, 0.25) is 0 Å². The summed E-state index contributed by atoms with van der Waals surface area (Å²) in [5.41, 5.74) is 4.18. The van der Waals surface area contributed by atoms with Crippen molar-refractivity contribution in [1.82, 2.24) is 16.0 Å². The van der Waals surface area contributed by atoms with Crippen LogP contribution in [0.3, 0.4) is 0 Å². The number of rotatable bonds is 6. The third-order valence-corrected chi connectivity index (χ3v) is 5.62. The van der Waals surface area contributed by atoms with Crippen LogP contribution in [0.5, 0.6) is 0 Å². The predicted molar refractivity (Wildman–Crippen MR) is 113 cm³/mol. The van der Waals surface area contributed by atoms with Gasteiger partial charge in [-0.2, -0.15) is 13.2 Å². The van der Waals surface area contributed by atoms with E-state index in [1.165, 1.54) is 0 Å². The largest absolute Gasteiger partial charge is 0.416 e. The van der Waals surface area contributed by atoms with Gasteiger partial charge in [0.25, 0.3) is 5.91 Å². The maximum Gasteiger partial charge on any atom is 0.416 e. The third-order valence-electron chi connectivity index (χ3n) is 4.60. The molecule has 0 bridgehead atoms. The van der Waals surface area contributed by atoms with Crippen LogP contribution in [-0.4, -0.2) is 41.2 Å². The molecule has 1 fully saturated rings. The molecule has 6 N–H and O–H groups in total. The van der Waals surface area contributed by atoms with Gasteiger partial charge >= 0.3 is 6.18 Å². The van der Waals surface area contributed by atoms with Gasteiger partial charge in [-0.3, -0.25) is 19.7 Å². The fourth-order valence-corrected chi connectivity index (χ4v) is 3.74. The fraction of sp³-hybridized carbons (Fsp3) is 0.250. The maximum absolute atomic E-state index is 13.3. The minimum atomic E-state index is -4.49. The van der Waals surface area contributed by atoms with E-state index < -0.39 is 58.8 Å². The normalized spacial score (nSPS) is 20.4. The van der Waals surface area contributed by atoms with Crippen LogP contribution in [-0.2, 0) is 15.8 Å². The van der Waals surface area contributed by atoms with Gasteiger partial charge in [0.1, 0.15) is 11.5 Å². The van der Waals surface area contributed by atoms with E-state index in [-0.39, 0.29) is 17.0 Å². The number of carbonyl (C=O) groups excluding carboxylic acids is 3. The zero-order valence-electron chi connectivity index (χ0n) is 17.1. The summed E-state index contributed by atoms with van der Waals surface area (Å²) in [4.78, 5) is 36.7. The van der Waals surface area contributed by atoms with Gasteiger partial charge in [0.05, 0.1) is 17.5 Å². The Morgan fingerprint density at radius 2 is 1.74 bits per heavy atom. The van der Waals surface area contributed by atoms with Crippen molar-refractivity contribution in [3.8, 4) is 0 Å². The van der Waals surface area contributed by atoms with Crippen molar-refractivity contribution >= 4 is 35.2 Å². The van der Waals surface area contributed by atoms with Crippen LogP contribution in [0.15, 0.2) is 42.5 Å². The first-order chi connectivity index (χ1) is 15.9. The Balaban J connectivity index is 1.49. The van der Waals surface area contributed by atoms with Gasteiger partial charge in [-0.25, -0.2) is 8.78 Å². The first-order valence-corrected chi connectivity index (χ1v) is 10.7. The second-order valence-corrected chi connectivity index (χ2v) is 8.19. The number of amides is 3. The van der Waals surface area contributed by atoms with E-state index in [9.17, 15) is 36.3 Å². The fourth-order valence-electron chi connectivity index (χ4n) is 2.90. The Bertz CT molecular complexity index is 1080. The van der Waals surface area contributed by atoms with E-state index in [0.29, 0.717) is 6.07 Å². The molecule has 14 heteroatoms. The number of halogens is 5. The van der Waals surface area contributed by atoms with Gasteiger partial charge in [0.15, 0.2) is 11.6 Å². The lowest BCUT2D eigenvalue weighted by Gasteiger charge is -2.35. The number of nitrogens with two attached hydrogens (primary N) is 1. The smallest absolute Gasteiger partial charge is 0.338 e. The van der Waals surface area contributed by atoms with E-state index in [0.717, 1.165) is 48.2 Å². The monoisotopic (exact) mass is 503 g/mol. The molecule has 3 atom stereocenters. The van der Waals surface area contributed by atoms with Crippen LogP contribution in [0.1, 0.15) is 15.9 Å². The summed E-state index contributed by atoms with van der Waals surface area (Å²) in [6.45, 7) is 0. The molecule has 182 valence electrons. The number of hydrogen-bond acceptors (Lipinski definition) is 6. The Morgan fingerprint density at radius 3 is 2.32 bits per heavy atom. The second-order valence-electron chi connectivity index (χ2n) is 7.10. The molecule has 1 saturated heterocycles. The van der Waals surface area contributed by atoms with Gasteiger partial charge in [-0.05, 0) is 42.5 Å². The molecule has 2 aromatic carbocycles. The highest BCUT2D eigenvalue weighted by molar-refractivity contribution is 8.00. The Morgan fingerprint density at radius 1 is 1.06 bits per heavy atom. The molecule has 0 radical (unpaired) electrons. The van der Waals surface area contributed by atoms with Crippen LogP contribution in [0.25, 0.3) is 0 Å². The van der Waals surface area contributed by atoms with Gasteiger partial charge in [-0.1, -0.05) is 0 Å². The summed E-state index contributed by atoms with van der Waals surface area (Å²) in [5, 5.41) is 10.0. The summed E-state index contributed by atoms with van der Waals surface area (Å²) in [5.74, 6) is -4.61. The lowest BCUT2D eigenvalue weighted by Crippen LogP contribution is -2.70. The molecule has 2 aromatic rings. The van der Waals surface area contributed by atoms with Crippen LogP contribution in [0, 0.1) is 11.6 Å². The first-order valence-electron chi connectivity index (χ1n) is 9.60. The SMILES string of the molecule is NC1NC(SCC(=O)Nc2ccc(C(F)(F)F)cc2)NC(=O)C1NC(=O)c1ccc(F)c(F)c1. The summed E-state index contributed by atoms with van der Waals surface area (Å²) in [6.07, 6.45) is -5.56. The van der Waals surface area contributed by atoms with Crippen LogP contribution < -0.4 is 27.0 Å². The van der Waals surface area contributed by atoms with Gasteiger partial charge in [-0.15, -0.1) is 11.8 Å². The maximum atomic E-state index is 13.3. The van der Waals surface area contributed by atoms with E-state index in [1.807, 2.05) is 0 Å². The van der Waals surface area contributed by atoms with Crippen molar-refractivity contribution in [2.45, 2.75) is 23.9 Å². The zero-order valence-corrected chi connectivity index (χ0v) is 17.9. The lowest BCUT2D eigenvalue weighted by molar-refractivity contribution is -0.137. The number of thioether (sulfide) groups is 1. The highest BCUT2D eigenvalue weighted by atomic mass is 32.2. The number of alkyl halides is 3. The van der Waals surface area contributed by atoms with Crippen molar-refractivity contribution in [1.29, 1.82) is 0 Å². The Kier molecular flexibility index (Phi) is 7.74. The van der Waals surface area contributed by atoms with Crippen molar-refractivity contribution in [3.05, 3.63) is 65.2 Å². The number of nitrogens with one attached hydrogen (secondary N) is 4. The number of benzene rings is 2. The standard InChI is InChI=1S/C20H18F5N5O3S/c21-12-6-1-9(7-13(12)22)17(32)28-15-16(26)29-19(30-18(15)33)34-8-14(31)27-11-4-2-10(3-5-11)20(23,24)25/h1-7,15-16,19,29H,8,26H2,(H,27,31)(H,28,32)(H,30,33). The number of anilines is 1. The molecule has 0 spiro atoms. The molecule has 3 rings (SSSR count). The lowest BCUT2D eigenvalue weighted by atomic mass is 10.1. The topological polar surface area (TPSA) is 125 Å². The summed E-state index contributed by atoms with van der Waals surface area (Å²) < 4.78 is 64.1. The first kappa shape index (κ1) is 25.4. The summed E-state index contributed by atoms with van der Waals surface area (Å²) >= 11 is 0.941. The van der Waals surface area contributed by atoms with Crippen LogP contribution in [0.4, 0.5) is 27.6 Å². The van der Waals surface area contributed by atoms with Crippen molar-refractivity contribution in [2.24, 2.45) is 5.73 Å². The highest BCUT2D eigenvalue weighted by Crippen LogP contribution is 2.29. The quantitative estimate of drug-likeness (QED) is 0.383. The minimum Gasteiger partial charge on any atom is -0.338 e. The highest BCUT2D eigenvalue weighted by Gasteiger charge is 2.35. The Labute approximate surface area is 193 Å². The third kappa shape index (κ3) is 6.42. The zero-order chi connectivity index (χ0) is 25.0. The van der Waals surface area contributed by atoms with Crippen molar-refractivity contribution < 1.29 is 36.3 Å². The molecule has 8 nitrogen and oxygen atoms in total. The van der Waals surface area contributed by atoms with E-state index in [2.05, 4.69) is 21.3 Å². The average Bonchev–Trinajstić information content (AvgIpc) is 2.76. The van der Waals surface area contributed by atoms with Crippen molar-refractivity contribution in [2.75, 3.05) is 11.1 Å². The average molecular weight is 503 g/mol. The Hall–Kier alpha value is -3.23. The molecular weight excluding hydrogens is 485 g/mol. The van der Waals surface area contributed by atoms with E-state index in [1.54, 1.807) is 0 Å². The van der Waals surface area contributed by atoms with Crippen LogP contribution >= 0.6 is 11.8 Å². The number of hydrogen-bond donors (Lipinski definition) is 5. The molecule has 1 heterocycles. The van der Waals surface area contributed by atoms with Gasteiger partial charge in [0.2, 0.25) is 11.8 Å². The molecule has 3 amide bonds. The minimum absolute atomic E-state index is 0.163. The van der Waals surface area contributed by atoms with Gasteiger partial charge in [0, 0.05) is 11.3 Å². The summed E-state index contributed by atoms with van der Waals surface area (Å²) in [6, 6.07) is 5.15. The van der Waals surface area contributed by atoms with Crippen molar-refractivity contribution in [3.63, 3.8) is 0 Å². The molecule has 1 aliphatic rings. The summed E-state index contributed by atoms with van der Waals surface area (Å²) in [7, 11) is 0. The molecular formula is C20H18F5N5O3S. The molecule has 0 aliphatic carbocycles. The predicted octanol–water partition coefficient (Wildman–Crippen LogP) is 1.74. The molecule has 0 aromatic heterocycles. The molecule has 3 unspecified atom stereocenters. The molecule has 34 heavy (non-hydrogen) atoms. The second kappa shape index (κ2) is 10.4. The van der Waals surface area contributed by atoms with Gasteiger partial charge < -0.3 is 21.7 Å². The van der Waals surface area contributed by atoms with E-state index in [4.69, 9.17) is 5.73 Å². The molecule has 0 saturated carbocycles. The molecule has 1 aliphatic heterocycles.